The van der Waals surface area contributed by atoms with Gasteiger partial charge in [-0.25, -0.2) is 0 Å². The van der Waals surface area contributed by atoms with Crippen LogP contribution in [0.5, 0.6) is 0 Å². The molecule has 2 heterocycles. The fourth-order valence-corrected chi connectivity index (χ4v) is 3.32. The number of ether oxygens (including phenoxy) is 1. The number of rotatable bonds is 3. The Balaban J connectivity index is 1.56. The lowest BCUT2D eigenvalue weighted by Crippen LogP contribution is -2.48. The number of piperazine rings is 1. The summed E-state index contributed by atoms with van der Waals surface area (Å²) >= 11 is 0. The Hall–Kier alpha value is -1.06. The van der Waals surface area contributed by atoms with Gasteiger partial charge in [0, 0.05) is 45.0 Å². The molecule has 1 atom stereocenters. The molecule has 0 bridgehead atoms. The molecule has 2 fully saturated rings. The van der Waals surface area contributed by atoms with E-state index in [9.17, 15) is 0 Å². The van der Waals surface area contributed by atoms with Gasteiger partial charge in [-0.3, -0.25) is 4.90 Å². The van der Waals surface area contributed by atoms with Crippen LogP contribution in [-0.2, 0) is 4.74 Å². The summed E-state index contributed by atoms with van der Waals surface area (Å²) in [7, 11) is 0. The Morgan fingerprint density at radius 2 is 1.95 bits per heavy atom. The normalized spacial score (nSPS) is 24.3. The monoisotopic (exact) mass is 274 g/mol. The van der Waals surface area contributed by atoms with Gasteiger partial charge in [0.2, 0.25) is 0 Å². The summed E-state index contributed by atoms with van der Waals surface area (Å²) in [6.07, 6.45) is 1.25. The van der Waals surface area contributed by atoms with Gasteiger partial charge in [-0.2, -0.15) is 0 Å². The molecule has 110 valence electrons. The van der Waals surface area contributed by atoms with Gasteiger partial charge in [-0.15, -0.1) is 0 Å². The molecule has 3 nitrogen and oxygen atoms in total. The molecule has 0 radical (unpaired) electrons. The Kier molecular flexibility index (Phi) is 4.27. The number of anilines is 1. The van der Waals surface area contributed by atoms with Crippen molar-refractivity contribution in [2.75, 3.05) is 50.8 Å². The van der Waals surface area contributed by atoms with Crippen molar-refractivity contribution in [3.8, 4) is 0 Å². The van der Waals surface area contributed by atoms with E-state index in [1.54, 1.807) is 0 Å². The highest BCUT2D eigenvalue weighted by Gasteiger charge is 2.23. The predicted molar refractivity (Wildman–Crippen MR) is 83.5 cm³/mol. The van der Waals surface area contributed by atoms with Gasteiger partial charge in [0.15, 0.2) is 0 Å². The van der Waals surface area contributed by atoms with Crippen LogP contribution < -0.4 is 4.90 Å². The van der Waals surface area contributed by atoms with E-state index in [2.05, 4.69) is 41.8 Å². The van der Waals surface area contributed by atoms with Gasteiger partial charge in [0.05, 0.1) is 6.61 Å². The molecular weight excluding hydrogens is 248 g/mol. The van der Waals surface area contributed by atoms with E-state index in [1.165, 1.54) is 42.9 Å². The highest BCUT2D eigenvalue weighted by molar-refractivity contribution is 5.55. The first-order valence-electron chi connectivity index (χ1n) is 7.84. The second kappa shape index (κ2) is 6.15. The summed E-state index contributed by atoms with van der Waals surface area (Å²) < 4.78 is 5.48. The fraction of sp³-hybridized carbons (Fsp3) is 0.647. The van der Waals surface area contributed by atoms with Crippen molar-refractivity contribution in [3.05, 3.63) is 29.3 Å². The molecule has 0 aliphatic carbocycles. The van der Waals surface area contributed by atoms with Gasteiger partial charge < -0.3 is 9.64 Å². The third kappa shape index (κ3) is 3.15. The lowest BCUT2D eigenvalue weighted by Gasteiger charge is -2.37. The van der Waals surface area contributed by atoms with Crippen molar-refractivity contribution >= 4 is 5.69 Å². The molecule has 0 unspecified atom stereocenters. The average molecular weight is 274 g/mol. The first kappa shape index (κ1) is 13.9. The molecule has 0 spiro atoms. The molecule has 0 saturated carbocycles. The van der Waals surface area contributed by atoms with Gasteiger partial charge in [0.25, 0.3) is 0 Å². The van der Waals surface area contributed by atoms with Crippen molar-refractivity contribution in [2.24, 2.45) is 5.92 Å². The van der Waals surface area contributed by atoms with Crippen LogP contribution in [0.3, 0.4) is 0 Å². The van der Waals surface area contributed by atoms with E-state index >= 15 is 0 Å². The second-order valence-corrected chi connectivity index (χ2v) is 6.31. The van der Waals surface area contributed by atoms with E-state index < -0.39 is 0 Å². The summed E-state index contributed by atoms with van der Waals surface area (Å²) in [4.78, 5) is 5.16. The van der Waals surface area contributed by atoms with Crippen LogP contribution in [-0.4, -0.2) is 50.8 Å². The number of hydrogen-bond acceptors (Lipinski definition) is 3. The standard InChI is InChI=1S/C17H26N2O/c1-14-3-4-15(2)17(11-14)19-8-6-18(7-9-19)12-16-5-10-20-13-16/h3-4,11,16H,5-10,12-13H2,1-2H3/t16-/m1/s1. The summed E-state index contributed by atoms with van der Waals surface area (Å²) in [6.45, 7) is 12.2. The van der Waals surface area contributed by atoms with Crippen molar-refractivity contribution in [3.63, 3.8) is 0 Å². The minimum atomic E-state index is 0.766. The average Bonchev–Trinajstić information content (AvgIpc) is 2.95. The number of benzene rings is 1. The Morgan fingerprint density at radius 3 is 2.65 bits per heavy atom. The topological polar surface area (TPSA) is 15.7 Å². The lowest BCUT2D eigenvalue weighted by atomic mass is 10.1. The zero-order chi connectivity index (χ0) is 13.9. The zero-order valence-corrected chi connectivity index (χ0v) is 12.8. The molecule has 3 rings (SSSR count). The van der Waals surface area contributed by atoms with Crippen LogP contribution in [0.4, 0.5) is 5.69 Å². The van der Waals surface area contributed by atoms with Crippen molar-refractivity contribution < 1.29 is 4.74 Å². The molecule has 3 heteroatoms. The third-order valence-corrected chi connectivity index (χ3v) is 4.62. The third-order valence-electron chi connectivity index (χ3n) is 4.62. The molecule has 0 N–H and O–H groups in total. The Morgan fingerprint density at radius 1 is 1.15 bits per heavy atom. The quantitative estimate of drug-likeness (QED) is 0.842. The first-order valence-corrected chi connectivity index (χ1v) is 7.84. The predicted octanol–water partition coefficient (Wildman–Crippen LogP) is 2.46. The lowest BCUT2D eigenvalue weighted by molar-refractivity contribution is 0.164. The largest absolute Gasteiger partial charge is 0.381 e. The van der Waals surface area contributed by atoms with Crippen LogP contribution in [0.1, 0.15) is 17.5 Å². The zero-order valence-electron chi connectivity index (χ0n) is 12.8. The Bertz CT molecular complexity index is 446. The summed E-state index contributed by atoms with van der Waals surface area (Å²) in [6, 6.07) is 6.78. The summed E-state index contributed by atoms with van der Waals surface area (Å²) in [5.41, 5.74) is 4.18. The maximum absolute atomic E-state index is 5.48. The van der Waals surface area contributed by atoms with E-state index in [4.69, 9.17) is 4.74 Å². The van der Waals surface area contributed by atoms with Crippen molar-refractivity contribution in [1.82, 2.24) is 4.90 Å². The Labute approximate surface area is 122 Å². The van der Waals surface area contributed by atoms with E-state index in [0.29, 0.717) is 0 Å². The van der Waals surface area contributed by atoms with Gasteiger partial charge in [0.1, 0.15) is 0 Å². The summed E-state index contributed by atoms with van der Waals surface area (Å²) in [5, 5.41) is 0. The molecule has 0 amide bonds. The van der Waals surface area contributed by atoms with E-state index in [-0.39, 0.29) is 0 Å². The molecule has 20 heavy (non-hydrogen) atoms. The van der Waals surface area contributed by atoms with Crippen molar-refractivity contribution in [1.29, 1.82) is 0 Å². The number of nitrogens with zero attached hydrogens (tertiary/aromatic N) is 2. The minimum absolute atomic E-state index is 0.766. The van der Waals surface area contributed by atoms with Gasteiger partial charge in [-0.1, -0.05) is 12.1 Å². The molecule has 2 aliphatic heterocycles. The highest BCUT2D eigenvalue weighted by atomic mass is 16.5. The van der Waals surface area contributed by atoms with Crippen LogP contribution in [0, 0.1) is 19.8 Å². The maximum atomic E-state index is 5.48. The van der Waals surface area contributed by atoms with E-state index in [1.807, 2.05) is 0 Å². The van der Waals surface area contributed by atoms with Crippen LogP contribution in [0.25, 0.3) is 0 Å². The first-order chi connectivity index (χ1) is 9.72. The molecular formula is C17H26N2O. The second-order valence-electron chi connectivity index (χ2n) is 6.31. The minimum Gasteiger partial charge on any atom is -0.381 e. The molecule has 1 aromatic rings. The van der Waals surface area contributed by atoms with Crippen molar-refractivity contribution in [2.45, 2.75) is 20.3 Å². The van der Waals surface area contributed by atoms with Gasteiger partial charge in [-0.05, 0) is 43.4 Å². The SMILES string of the molecule is Cc1ccc(C)c(N2CCN(C[C@H]3CCOC3)CC2)c1. The van der Waals surface area contributed by atoms with E-state index in [0.717, 1.165) is 32.2 Å². The highest BCUT2D eigenvalue weighted by Crippen LogP contribution is 2.23. The smallest absolute Gasteiger partial charge is 0.0507 e. The number of hydrogen-bond donors (Lipinski definition) is 0. The van der Waals surface area contributed by atoms with Crippen LogP contribution in [0.15, 0.2) is 18.2 Å². The molecule has 0 aromatic heterocycles. The maximum Gasteiger partial charge on any atom is 0.0507 e. The molecule has 1 aromatic carbocycles. The van der Waals surface area contributed by atoms with Gasteiger partial charge >= 0.3 is 0 Å². The molecule has 2 aliphatic rings. The molecule has 2 saturated heterocycles. The van der Waals surface area contributed by atoms with Crippen LogP contribution >= 0.6 is 0 Å². The summed E-state index contributed by atoms with van der Waals surface area (Å²) in [5.74, 6) is 0.766. The fourth-order valence-electron chi connectivity index (χ4n) is 3.32. The van der Waals surface area contributed by atoms with Crippen LogP contribution in [0.2, 0.25) is 0 Å². The number of aryl methyl sites for hydroxylation is 2.